The molecule has 31 heavy (non-hydrogen) atoms. The summed E-state index contributed by atoms with van der Waals surface area (Å²) in [6.07, 6.45) is 2.97. The van der Waals surface area contributed by atoms with Crippen molar-refractivity contribution >= 4 is 17.8 Å². The van der Waals surface area contributed by atoms with E-state index >= 15 is 0 Å². The van der Waals surface area contributed by atoms with E-state index in [0.717, 1.165) is 27.2 Å². The Morgan fingerprint density at radius 2 is 1.42 bits per heavy atom. The number of aromatic nitrogens is 2. The Morgan fingerprint density at radius 3 is 1.81 bits per heavy atom. The minimum atomic E-state index is -1.27. The first kappa shape index (κ1) is 18.1. The SMILES string of the molecule is O=C(O)[C@H](Cc1cnc[nH]1)N1C(=O)[C@@H]2C3c4ccccc4C(c4ccccc43)[C@@H]2C1=O. The average Bonchev–Trinajstić information content (AvgIpc) is 3.39. The zero-order valence-corrected chi connectivity index (χ0v) is 16.4. The van der Waals surface area contributed by atoms with Gasteiger partial charge in [-0.2, -0.15) is 0 Å². The molecule has 2 N–H and O–H groups in total. The van der Waals surface area contributed by atoms with Crippen molar-refractivity contribution in [2.75, 3.05) is 0 Å². The highest BCUT2D eigenvalue weighted by Crippen LogP contribution is 2.61. The van der Waals surface area contributed by atoms with E-state index < -0.39 is 23.8 Å². The molecule has 7 heteroatoms. The monoisotopic (exact) mass is 413 g/mol. The predicted molar refractivity (Wildman–Crippen MR) is 109 cm³/mol. The van der Waals surface area contributed by atoms with Crippen LogP contribution in [0.4, 0.5) is 0 Å². The van der Waals surface area contributed by atoms with E-state index in [1.807, 2.05) is 48.5 Å². The van der Waals surface area contributed by atoms with Crippen LogP contribution in [-0.4, -0.2) is 43.8 Å². The lowest BCUT2D eigenvalue weighted by Crippen LogP contribution is -2.47. The number of benzene rings is 2. The zero-order valence-electron chi connectivity index (χ0n) is 16.4. The van der Waals surface area contributed by atoms with Gasteiger partial charge in [-0.05, 0) is 22.3 Å². The second kappa shape index (κ2) is 6.38. The van der Waals surface area contributed by atoms with Crippen molar-refractivity contribution in [3.8, 4) is 0 Å². The summed E-state index contributed by atoms with van der Waals surface area (Å²) in [7, 11) is 0. The molecule has 1 aliphatic heterocycles. The number of carboxylic acid groups (broad SMARTS) is 1. The summed E-state index contributed by atoms with van der Waals surface area (Å²) in [4.78, 5) is 47.3. The lowest BCUT2D eigenvalue weighted by molar-refractivity contribution is -0.155. The maximum atomic E-state index is 13.6. The summed E-state index contributed by atoms with van der Waals surface area (Å²) >= 11 is 0. The predicted octanol–water partition coefficient (Wildman–Crippen LogP) is 2.30. The van der Waals surface area contributed by atoms with Crippen molar-refractivity contribution in [2.45, 2.75) is 24.3 Å². The maximum Gasteiger partial charge on any atom is 0.327 e. The van der Waals surface area contributed by atoms with Crippen LogP contribution in [-0.2, 0) is 20.8 Å². The van der Waals surface area contributed by atoms with Crippen LogP contribution in [0.25, 0.3) is 0 Å². The number of aromatic amines is 1. The fourth-order valence-corrected chi connectivity index (χ4v) is 5.90. The minimum absolute atomic E-state index is 0.00147. The van der Waals surface area contributed by atoms with Crippen molar-refractivity contribution in [1.29, 1.82) is 0 Å². The Balaban J connectivity index is 1.49. The Morgan fingerprint density at radius 1 is 0.935 bits per heavy atom. The number of H-pyrrole nitrogens is 1. The van der Waals surface area contributed by atoms with E-state index in [4.69, 9.17) is 0 Å². The molecular formula is C24H19N3O4. The number of carboxylic acids is 1. The molecule has 2 amide bonds. The maximum absolute atomic E-state index is 13.6. The Labute approximate surface area is 177 Å². The summed E-state index contributed by atoms with van der Waals surface area (Å²) in [5, 5.41) is 9.92. The van der Waals surface area contributed by atoms with Crippen LogP contribution in [0.1, 0.15) is 39.8 Å². The average molecular weight is 413 g/mol. The second-order valence-electron chi connectivity index (χ2n) is 8.45. The van der Waals surface area contributed by atoms with Gasteiger partial charge in [0.25, 0.3) is 0 Å². The molecular weight excluding hydrogens is 394 g/mol. The summed E-state index contributed by atoms with van der Waals surface area (Å²) in [6.45, 7) is 0. The van der Waals surface area contributed by atoms with E-state index in [-0.39, 0.29) is 30.1 Å². The van der Waals surface area contributed by atoms with E-state index in [2.05, 4.69) is 9.97 Å². The number of nitrogens with zero attached hydrogens (tertiary/aromatic N) is 2. The van der Waals surface area contributed by atoms with Crippen molar-refractivity contribution in [2.24, 2.45) is 11.8 Å². The standard InChI is InChI=1S/C24H19N3O4/c28-22-20-18-13-5-1-2-6-14(13)19(16-8-4-3-7-15(16)18)21(20)23(29)27(22)17(24(30)31)9-12-10-25-11-26-12/h1-8,10-11,17-21H,9H2,(H,25,26)(H,30,31)/t17-,18?,19?,20-,21+/m0/s1. The molecule has 7 nitrogen and oxygen atoms in total. The molecule has 7 rings (SSSR count). The Bertz CT molecular complexity index is 1120. The molecule has 1 saturated heterocycles. The largest absolute Gasteiger partial charge is 0.480 e. The molecule has 154 valence electrons. The van der Waals surface area contributed by atoms with Gasteiger partial charge in [-0.3, -0.25) is 14.5 Å². The summed E-state index contributed by atoms with van der Waals surface area (Å²) in [6, 6.07) is 14.7. The number of carbonyl (C=O) groups excluding carboxylic acids is 2. The molecule has 4 aliphatic rings. The molecule has 2 bridgehead atoms. The van der Waals surface area contributed by atoms with E-state index in [9.17, 15) is 19.5 Å². The van der Waals surface area contributed by atoms with Crippen molar-refractivity contribution in [3.05, 3.63) is 89.0 Å². The van der Waals surface area contributed by atoms with Crippen LogP contribution in [0.2, 0.25) is 0 Å². The summed E-state index contributed by atoms with van der Waals surface area (Å²) in [5.74, 6) is -3.62. The molecule has 3 aliphatic carbocycles. The fraction of sp³-hybridized carbons (Fsp3) is 0.250. The number of amides is 2. The zero-order chi connectivity index (χ0) is 21.3. The first-order valence-corrected chi connectivity index (χ1v) is 10.3. The van der Waals surface area contributed by atoms with Crippen LogP contribution in [0.5, 0.6) is 0 Å². The second-order valence-corrected chi connectivity index (χ2v) is 8.45. The molecule has 2 heterocycles. The summed E-state index contributed by atoms with van der Waals surface area (Å²) in [5.41, 5.74) is 4.83. The lowest BCUT2D eigenvalue weighted by atomic mass is 9.55. The van der Waals surface area contributed by atoms with Gasteiger partial charge in [-0.1, -0.05) is 48.5 Å². The first-order valence-electron chi connectivity index (χ1n) is 10.3. The highest BCUT2D eigenvalue weighted by Gasteiger charge is 2.63. The van der Waals surface area contributed by atoms with Crippen LogP contribution in [0.3, 0.4) is 0 Å². The Kier molecular flexibility index (Phi) is 3.72. The minimum Gasteiger partial charge on any atom is -0.480 e. The quantitative estimate of drug-likeness (QED) is 0.639. The Hall–Kier alpha value is -3.74. The van der Waals surface area contributed by atoms with Gasteiger partial charge in [0.2, 0.25) is 11.8 Å². The number of carbonyl (C=O) groups is 3. The third-order valence-corrected chi connectivity index (χ3v) is 7.05. The molecule has 3 atom stereocenters. The normalized spacial score (nSPS) is 26.4. The van der Waals surface area contributed by atoms with E-state index in [1.54, 1.807) is 0 Å². The smallest absolute Gasteiger partial charge is 0.327 e. The number of rotatable bonds is 4. The summed E-state index contributed by atoms with van der Waals surface area (Å²) < 4.78 is 0. The van der Waals surface area contributed by atoms with E-state index in [0.29, 0.717) is 5.69 Å². The number of imidazole rings is 1. The van der Waals surface area contributed by atoms with Gasteiger partial charge in [0, 0.05) is 30.1 Å². The van der Waals surface area contributed by atoms with Crippen LogP contribution >= 0.6 is 0 Å². The van der Waals surface area contributed by atoms with Crippen molar-refractivity contribution < 1.29 is 19.5 Å². The van der Waals surface area contributed by atoms with Crippen LogP contribution in [0, 0.1) is 11.8 Å². The third kappa shape index (κ3) is 2.34. The first-order chi connectivity index (χ1) is 15.1. The molecule has 2 aromatic carbocycles. The van der Waals surface area contributed by atoms with Crippen molar-refractivity contribution in [3.63, 3.8) is 0 Å². The number of hydrogen-bond acceptors (Lipinski definition) is 4. The van der Waals surface area contributed by atoms with Gasteiger partial charge in [0.1, 0.15) is 6.04 Å². The van der Waals surface area contributed by atoms with Gasteiger partial charge in [-0.25, -0.2) is 9.78 Å². The van der Waals surface area contributed by atoms with Gasteiger partial charge in [0.15, 0.2) is 0 Å². The highest BCUT2D eigenvalue weighted by atomic mass is 16.4. The van der Waals surface area contributed by atoms with Crippen LogP contribution in [0.15, 0.2) is 61.1 Å². The third-order valence-electron chi connectivity index (χ3n) is 7.05. The number of imide groups is 1. The van der Waals surface area contributed by atoms with Gasteiger partial charge in [-0.15, -0.1) is 0 Å². The van der Waals surface area contributed by atoms with Gasteiger partial charge >= 0.3 is 5.97 Å². The molecule has 3 aromatic rings. The topological polar surface area (TPSA) is 103 Å². The van der Waals surface area contributed by atoms with E-state index in [1.165, 1.54) is 12.5 Å². The number of aliphatic carboxylic acids is 1. The number of nitrogens with one attached hydrogen (secondary N) is 1. The van der Waals surface area contributed by atoms with Gasteiger partial charge in [0.05, 0.1) is 18.2 Å². The van der Waals surface area contributed by atoms with Gasteiger partial charge < -0.3 is 10.1 Å². The molecule has 1 fully saturated rings. The molecule has 1 aromatic heterocycles. The molecule has 0 spiro atoms. The lowest BCUT2D eigenvalue weighted by Gasteiger charge is -2.45. The van der Waals surface area contributed by atoms with Crippen molar-refractivity contribution in [1.82, 2.24) is 14.9 Å². The molecule has 0 radical (unpaired) electrons. The number of likely N-dealkylation sites (tertiary alicyclic amines) is 1. The molecule has 0 saturated carbocycles. The molecule has 0 unspecified atom stereocenters. The fourth-order valence-electron chi connectivity index (χ4n) is 5.90. The number of hydrogen-bond donors (Lipinski definition) is 2. The highest BCUT2D eigenvalue weighted by molar-refractivity contribution is 6.10. The van der Waals surface area contributed by atoms with Crippen LogP contribution < -0.4 is 0 Å².